The van der Waals surface area contributed by atoms with E-state index in [2.05, 4.69) is 5.32 Å². The van der Waals surface area contributed by atoms with Gasteiger partial charge in [0.25, 0.3) is 0 Å². The molecule has 0 radical (unpaired) electrons. The largest absolute Gasteiger partial charge is 0.462 e. The average molecular weight is 288 g/mol. The van der Waals surface area contributed by atoms with Gasteiger partial charge in [-0.2, -0.15) is 0 Å². The Bertz CT molecular complexity index is 321. The van der Waals surface area contributed by atoms with Crippen LogP contribution in [-0.4, -0.2) is 64.0 Å². The highest BCUT2D eigenvalue weighted by atomic mass is 16.6. The summed E-state index contributed by atoms with van der Waals surface area (Å²) in [7, 11) is 1.55. The molecule has 20 heavy (non-hydrogen) atoms. The van der Waals surface area contributed by atoms with Crippen LogP contribution in [0.5, 0.6) is 0 Å². The number of esters is 1. The fourth-order valence-electron chi connectivity index (χ4n) is 1.26. The minimum Gasteiger partial charge on any atom is -0.462 e. The standard InChI is InChI=1S/C12H20N2O6/c1-18-4-5-19-6-7-20-12(17)11(14-9-15)3-2-10(16)8-13/h8-9,11,13H,2-7H2,1H3,(H,14,15). The smallest absolute Gasteiger partial charge is 0.328 e. The number of methoxy groups -OCH3 is 1. The molecule has 0 aromatic carbocycles. The first-order valence-electron chi connectivity index (χ1n) is 6.12. The molecule has 0 aliphatic heterocycles. The summed E-state index contributed by atoms with van der Waals surface area (Å²) in [4.78, 5) is 33.0. The van der Waals surface area contributed by atoms with Crippen molar-refractivity contribution in [3.63, 3.8) is 0 Å². The molecule has 0 heterocycles. The number of Topliss-reactive ketones (excluding diaryl/α,β-unsaturated/α-hetero) is 1. The molecule has 0 aromatic rings. The van der Waals surface area contributed by atoms with E-state index in [1.54, 1.807) is 7.11 Å². The highest BCUT2D eigenvalue weighted by Gasteiger charge is 2.19. The molecule has 0 aliphatic rings. The van der Waals surface area contributed by atoms with E-state index in [1.165, 1.54) is 0 Å². The van der Waals surface area contributed by atoms with Crippen molar-refractivity contribution in [1.82, 2.24) is 5.32 Å². The van der Waals surface area contributed by atoms with E-state index in [1.807, 2.05) is 0 Å². The molecule has 0 fully saturated rings. The molecule has 0 aromatic heterocycles. The van der Waals surface area contributed by atoms with Gasteiger partial charge in [-0.15, -0.1) is 0 Å². The number of amides is 1. The van der Waals surface area contributed by atoms with Crippen LogP contribution in [0.15, 0.2) is 0 Å². The molecule has 8 nitrogen and oxygen atoms in total. The van der Waals surface area contributed by atoms with Crippen LogP contribution in [0.4, 0.5) is 0 Å². The van der Waals surface area contributed by atoms with Gasteiger partial charge in [0.15, 0.2) is 5.78 Å². The van der Waals surface area contributed by atoms with Crippen LogP contribution in [0.2, 0.25) is 0 Å². The predicted octanol–water partition coefficient (Wildman–Crippen LogP) is -0.694. The predicted molar refractivity (Wildman–Crippen MR) is 69.7 cm³/mol. The van der Waals surface area contributed by atoms with Gasteiger partial charge in [-0.1, -0.05) is 0 Å². The fourth-order valence-corrected chi connectivity index (χ4v) is 1.26. The van der Waals surface area contributed by atoms with E-state index in [0.29, 0.717) is 25.8 Å². The van der Waals surface area contributed by atoms with Gasteiger partial charge < -0.3 is 24.9 Å². The number of hydrogen-bond donors (Lipinski definition) is 2. The Morgan fingerprint density at radius 1 is 1.25 bits per heavy atom. The summed E-state index contributed by atoms with van der Waals surface area (Å²) in [5.74, 6) is -1.05. The Morgan fingerprint density at radius 3 is 2.55 bits per heavy atom. The van der Waals surface area contributed by atoms with E-state index < -0.39 is 17.8 Å². The van der Waals surface area contributed by atoms with Crippen molar-refractivity contribution in [1.29, 1.82) is 5.41 Å². The Labute approximate surface area is 117 Å². The molecule has 1 atom stereocenters. The number of ketones is 1. The van der Waals surface area contributed by atoms with E-state index >= 15 is 0 Å². The molecule has 8 heteroatoms. The third-order valence-electron chi connectivity index (χ3n) is 2.30. The molecule has 0 bridgehead atoms. The van der Waals surface area contributed by atoms with Gasteiger partial charge in [0.1, 0.15) is 12.6 Å². The molecular formula is C12H20N2O6. The Balaban J connectivity index is 3.93. The van der Waals surface area contributed by atoms with E-state index in [4.69, 9.17) is 19.6 Å². The van der Waals surface area contributed by atoms with Gasteiger partial charge in [0, 0.05) is 13.5 Å². The molecule has 1 amide bonds. The third kappa shape index (κ3) is 9.17. The lowest BCUT2D eigenvalue weighted by Gasteiger charge is -2.14. The number of hydrogen-bond acceptors (Lipinski definition) is 7. The first-order chi connectivity index (χ1) is 9.65. The lowest BCUT2D eigenvalue weighted by molar-refractivity contribution is -0.148. The monoisotopic (exact) mass is 288 g/mol. The topological polar surface area (TPSA) is 115 Å². The average Bonchev–Trinajstić information content (AvgIpc) is 2.46. The maximum atomic E-state index is 11.6. The summed E-state index contributed by atoms with van der Waals surface area (Å²) in [6.45, 7) is 1.13. The SMILES string of the molecule is COCCOCCOC(=O)C(CCC(=O)C=N)NC=O. The van der Waals surface area contributed by atoms with Crippen molar-refractivity contribution in [2.45, 2.75) is 18.9 Å². The molecule has 0 saturated carbocycles. The summed E-state index contributed by atoms with van der Waals surface area (Å²) in [6.07, 6.45) is 1.13. The minimum atomic E-state index is -0.893. The van der Waals surface area contributed by atoms with Gasteiger partial charge in [-0.05, 0) is 6.42 Å². The van der Waals surface area contributed by atoms with Gasteiger partial charge in [-0.3, -0.25) is 9.59 Å². The quantitative estimate of drug-likeness (QED) is 0.200. The van der Waals surface area contributed by atoms with Crippen molar-refractivity contribution >= 4 is 24.4 Å². The summed E-state index contributed by atoms with van der Waals surface area (Å²) in [5.41, 5.74) is 0. The normalized spacial score (nSPS) is 11.4. The second-order valence-corrected chi connectivity index (χ2v) is 3.76. The van der Waals surface area contributed by atoms with Crippen molar-refractivity contribution in [2.24, 2.45) is 0 Å². The zero-order chi connectivity index (χ0) is 15.2. The zero-order valence-electron chi connectivity index (χ0n) is 11.4. The molecule has 114 valence electrons. The lowest BCUT2D eigenvalue weighted by atomic mass is 10.1. The van der Waals surface area contributed by atoms with Gasteiger partial charge in [-0.25, -0.2) is 4.79 Å². The Kier molecular flexibility index (Phi) is 11.1. The van der Waals surface area contributed by atoms with Crippen molar-refractivity contribution in [3.05, 3.63) is 0 Å². The molecule has 0 saturated heterocycles. The van der Waals surface area contributed by atoms with Crippen LogP contribution in [0.25, 0.3) is 0 Å². The van der Waals surface area contributed by atoms with Gasteiger partial charge in [0.05, 0.1) is 26.0 Å². The molecule has 2 N–H and O–H groups in total. The molecule has 0 spiro atoms. The van der Waals surface area contributed by atoms with Crippen molar-refractivity contribution in [3.8, 4) is 0 Å². The second-order valence-electron chi connectivity index (χ2n) is 3.76. The van der Waals surface area contributed by atoms with E-state index in [0.717, 1.165) is 0 Å². The number of ether oxygens (including phenoxy) is 3. The maximum Gasteiger partial charge on any atom is 0.328 e. The van der Waals surface area contributed by atoms with Crippen LogP contribution in [0.1, 0.15) is 12.8 Å². The van der Waals surface area contributed by atoms with Crippen LogP contribution < -0.4 is 5.32 Å². The van der Waals surface area contributed by atoms with Crippen molar-refractivity contribution < 1.29 is 28.6 Å². The Morgan fingerprint density at radius 2 is 1.95 bits per heavy atom. The highest BCUT2D eigenvalue weighted by molar-refractivity contribution is 6.26. The summed E-state index contributed by atoms with van der Waals surface area (Å²) >= 11 is 0. The maximum absolute atomic E-state index is 11.6. The minimum absolute atomic E-state index is 0.00551. The number of rotatable bonds is 13. The zero-order valence-corrected chi connectivity index (χ0v) is 11.4. The Hall–Kier alpha value is -1.80. The summed E-state index contributed by atoms with van der Waals surface area (Å²) in [6, 6.07) is -0.893. The summed E-state index contributed by atoms with van der Waals surface area (Å²) < 4.78 is 14.8. The van der Waals surface area contributed by atoms with E-state index in [-0.39, 0.29) is 26.1 Å². The van der Waals surface area contributed by atoms with Crippen LogP contribution in [0, 0.1) is 5.41 Å². The fraction of sp³-hybridized carbons (Fsp3) is 0.667. The molecular weight excluding hydrogens is 268 g/mol. The van der Waals surface area contributed by atoms with Crippen LogP contribution >= 0.6 is 0 Å². The van der Waals surface area contributed by atoms with Crippen LogP contribution in [-0.2, 0) is 28.6 Å². The molecule has 1 unspecified atom stereocenters. The summed E-state index contributed by atoms with van der Waals surface area (Å²) in [5, 5.41) is 9.03. The van der Waals surface area contributed by atoms with Crippen molar-refractivity contribution in [2.75, 3.05) is 33.5 Å². The van der Waals surface area contributed by atoms with E-state index in [9.17, 15) is 14.4 Å². The second kappa shape index (κ2) is 12.2. The lowest BCUT2D eigenvalue weighted by Crippen LogP contribution is -2.38. The first kappa shape index (κ1) is 18.2. The van der Waals surface area contributed by atoms with Gasteiger partial charge >= 0.3 is 5.97 Å². The highest BCUT2D eigenvalue weighted by Crippen LogP contribution is 2.00. The van der Waals surface area contributed by atoms with Gasteiger partial charge in [0.2, 0.25) is 6.41 Å². The van der Waals surface area contributed by atoms with Crippen LogP contribution in [0.3, 0.4) is 0 Å². The first-order valence-corrected chi connectivity index (χ1v) is 6.12. The number of carbonyl (C=O) groups excluding carboxylic acids is 3. The molecule has 0 rings (SSSR count). The third-order valence-corrected chi connectivity index (χ3v) is 2.30. The number of nitrogens with one attached hydrogen (secondary N) is 2. The number of carbonyl (C=O) groups is 3. The molecule has 0 aliphatic carbocycles.